The first-order valence-electron chi connectivity index (χ1n) is 5.65. The van der Waals surface area contributed by atoms with Gasteiger partial charge in [-0.2, -0.15) is 11.3 Å². The summed E-state index contributed by atoms with van der Waals surface area (Å²) in [7, 11) is 0. The molecule has 5 heteroatoms. The van der Waals surface area contributed by atoms with Crippen molar-refractivity contribution in [1.29, 1.82) is 0 Å². The highest BCUT2D eigenvalue weighted by molar-refractivity contribution is 7.07. The number of hydrogen-bond acceptors (Lipinski definition) is 5. The molecule has 2 rings (SSSR count). The Morgan fingerprint density at radius 3 is 3.00 bits per heavy atom. The van der Waals surface area contributed by atoms with Crippen LogP contribution in [0, 0.1) is 0 Å². The molecule has 0 bridgehead atoms. The minimum absolute atomic E-state index is 0.570. The SMILES string of the molecule is CCc1c(N)ncnc1NCCc1ccsc1. The van der Waals surface area contributed by atoms with Crippen LogP contribution in [0.2, 0.25) is 0 Å². The Morgan fingerprint density at radius 1 is 1.41 bits per heavy atom. The van der Waals surface area contributed by atoms with Crippen LogP contribution < -0.4 is 11.1 Å². The number of nitrogens with one attached hydrogen (secondary N) is 1. The summed E-state index contributed by atoms with van der Waals surface area (Å²) < 4.78 is 0. The van der Waals surface area contributed by atoms with Gasteiger partial charge in [0.05, 0.1) is 0 Å². The quantitative estimate of drug-likeness (QED) is 0.852. The highest BCUT2D eigenvalue weighted by Gasteiger charge is 2.06. The van der Waals surface area contributed by atoms with E-state index in [0.29, 0.717) is 5.82 Å². The third kappa shape index (κ3) is 2.94. The van der Waals surface area contributed by atoms with Gasteiger partial charge in [-0.25, -0.2) is 9.97 Å². The fourth-order valence-corrected chi connectivity index (χ4v) is 2.39. The minimum Gasteiger partial charge on any atom is -0.383 e. The van der Waals surface area contributed by atoms with Crippen molar-refractivity contribution in [1.82, 2.24) is 9.97 Å². The van der Waals surface area contributed by atoms with E-state index < -0.39 is 0 Å². The minimum atomic E-state index is 0.570. The highest BCUT2D eigenvalue weighted by atomic mass is 32.1. The van der Waals surface area contributed by atoms with E-state index in [0.717, 1.165) is 30.8 Å². The van der Waals surface area contributed by atoms with Crippen LogP contribution in [0.3, 0.4) is 0 Å². The van der Waals surface area contributed by atoms with Crippen LogP contribution in [0.5, 0.6) is 0 Å². The third-order valence-corrected chi connectivity index (χ3v) is 3.35. The number of nitrogens with zero attached hydrogens (tertiary/aromatic N) is 2. The van der Waals surface area contributed by atoms with Crippen molar-refractivity contribution in [2.75, 3.05) is 17.6 Å². The van der Waals surface area contributed by atoms with Crippen LogP contribution in [0.4, 0.5) is 11.6 Å². The molecule has 0 aliphatic rings. The number of rotatable bonds is 5. The molecule has 4 nitrogen and oxygen atoms in total. The molecule has 3 N–H and O–H groups in total. The van der Waals surface area contributed by atoms with E-state index in [1.165, 1.54) is 11.9 Å². The van der Waals surface area contributed by atoms with E-state index >= 15 is 0 Å². The van der Waals surface area contributed by atoms with Gasteiger partial charge in [0.25, 0.3) is 0 Å². The zero-order valence-corrected chi connectivity index (χ0v) is 10.6. The lowest BCUT2D eigenvalue weighted by atomic mass is 10.2. The molecular formula is C12H16N4S. The fourth-order valence-electron chi connectivity index (χ4n) is 1.69. The Bertz CT molecular complexity index is 467. The number of nitrogens with two attached hydrogens (primary N) is 1. The van der Waals surface area contributed by atoms with Gasteiger partial charge < -0.3 is 11.1 Å². The lowest BCUT2D eigenvalue weighted by Gasteiger charge is -2.10. The van der Waals surface area contributed by atoms with Gasteiger partial charge in [-0.15, -0.1) is 0 Å². The molecule has 0 fully saturated rings. The maximum Gasteiger partial charge on any atom is 0.134 e. The predicted octanol–water partition coefficient (Wildman–Crippen LogP) is 2.34. The topological polar surface area (TPSA) is 63.8 Å². The average molecular weight is 248 g/mol. The summed E-state index contributed by atoms with van der Waals surface area (Å²) in [4.78, 5) is 8.23. The van der Waals surface area contributed by atoms with Crippen LogP contribution in [0.25, 0.3) is 0 Å². The van der Waals surface area contributed by atoms with Crippen molar-refractivity contribution < 1.29 is 0 Å². The van der Waals surface area contributed by atoms with Gasteiger partial charge >= 0.3 is 0 Å². The lowest BCUT2D eigenvalue weighted by Crippen LogP contribution is -2.10. The van der Waals surface area contributed by atoms with E-state index in [2.05, 4.69) is 39.0 Å². The van der Waals surface area contributed by atoms with Gasteiger partial charge in [-0.1, -0.05) is 6.92 Å². The summed E-state index contributed by atoms with van der Waals surface area (Å²) in [5, 5.41) is 7.57. The van der Waals surface area contributed by atoms with Crippen molar-refractivity contribution in [2.45, 2.75) is 19.8 Å². The molecule has 0 saturated heterocycles. The maximum atomic E-state index is 5.81. The number of nitrogen functional groups attached to an aromatic ring is 1. The number of anilines is 2. The Balaban J connectivity index is 1.97. The lowest BCUT2D eigenvalue weighted by molar-refractivity contribution is 0.980. The van der Waals surface area contributed by atoms with Gasteiger partial charge in [0.1, 0.15) is 18.0 Å². The van der Waals surface area contributed by atoms with Crippen molar-refractivity contribution in [3.63, 3.8) is 0 Å². The number of thiophene rings is 1. The second kappa shape index (κ2) is 5.63. The van der Waals surface area contributed by atoms with Crippen LogP contribution in [0.15, 0.2) is 23.2 Å². The Morgan fingerprint density at radius 2 is 2.29 bits per heavy atom. The fraction of sp³-hybridized carbons (Fsp3) is 0.333. The molecule has 2 heterocycles. The van der Waals surface area contributed by atoms with Gasteiger partial charge in [-0.05, 0) is 35.2 Å². The maximum absolute atomic E-state index is 5.81. The zero-order chi connectivity index (χ0) is 12.1. The summed E-state index contributed by atoms with van der Waals surface area (Å²) >= 11 is 1.72. The summed E-state index contributed by atoms with van der Waals surface area (Å²) in [6.07, 6.45) is 3.34. The second-order valence-corrected chi connectivity index (χ2v) is 4.53. The Kier molecular flexibility index (Phi) is 3.93. The van der Waals surface area contributed by atoms with Crippen LogP contribution in [-0.2, 0) is 12.8 Å². The normalized spacial score (nSPS) is 10.4. The van der Waals surface area contributed by atoms with E-state index in [1.807, 2.05) is 0 Å². The standard InChI is InChI=1S/C12H16N4S/c1-2-10-11(13)15-8-16-12(10)14-5-3-9-4-6-17-7-9/h4,6-8H,2-3,5H2,1H3,(H3,13,14,15,16). The predicted molar refractivity (Wildman–Crippen MR) is 72.3 cm³/mol. The Hall–Kier alpha value is -1.62. The molecule has 0 spiro atoms. The molecule has 0 aliphatic carbocycles. The molecule has 0 amide bonds. The van der Waals surface area contributed by atoms with Crippen molar-refractivity contribution >= 4 is 23.0 Å². The summed E-state index contributed by atoms with van der Waals surface area (Å²) in [5.41, 5.74) is 8.16. The van der Waals surface area contributed by atoms with E-state index in [4.69, 9.17) is 5.73 Å². The third-order valence-electron chi connectivity index (χ3n) is 2.62. The molecule has 0 unspecified atom stereocenters. The first-order valence-corrected chi connectivity index (χ1v) is 6.59. The van der Waals surface area contributed by atoms with Crippen molar-refractivity contribution in [3.8, 4) is 0 Å². The molecule has 2 aromatic rings. The van der Waals surface area contributed by atoms with Gasteiger partial charge in [0.2, 0.25) is 0 Å². The zero-order valence-electron chi connectivity index (χ0n) is 9.81. The smallest absolute Gasteiger partial charge is 0.134 e. The molecule has 90 valence electrons. The second-order valence-electron chi connectivity index (χ2n) is 3.75. The molecule has 2 aromatic heterocycles. The van der Waals surface area contributed by atoms with Crippen LogP contribution in [-0.4, -0.2) is 16.5 Å². The van der Waals surface area contributed by atoms with E-state index in [-0.39, 0.29) is 0 Å². The summed E-state index contributed by atoms with van der Waals surface area (Å²) in [5.74, 6) is 1.43. The van der Waals surface area contributed by atoms with E-state index in [1.54, 1.807) is 11.3 Å². The molecule has 0 radical (unpaired) electrons. The van der Waals surface area contributed by atoms with Crippen molar-refractivity contribution in [2.24, 2.45) is 0 Å². The van der Waals surface area contributed by atoms with E-state index in [9.17, 15) is 0 Å². The average Bonchev–Trinajstić information content (AvgIpc) is 2.82. The first kappa shape index (κ1) is 11.9. The van der Waals surface area contributed by atoms with Gasteiger partial charge in [-0.3, -0.25) is 0 Å². The van der Waals surface area contributed by atoms with Crippen LogP contribution >= 0.6 is 11.3 Å². The van der Waals surface area contributed by atoms with Crippen molar-refractivity contribution in [3.05, 3.63) is 34.3 Å². The molecule has 0 saturated carbocycles. The van der Waals surface area contributed by atoms with Gasteiger partial charge in [0.15, 0.2) is 0 Å². The summed E-state index contributed by atoms with van der Waals surface area (Å²) in [6.45, 7) is 2.92. The Labute approximate surface area is 105 Å². The molecule has 0 atom stereocenters. The molecular weight excluding hydrogens is 232 g/mol. The first-order chi connectivity index (χ1) is 8.31. The highest BCUT2D eigenvalue weighted by Crippen LogP contribution is 2.17. The number of hydrogen-bond donors (Lipinski definition) is 2. The molecule has 0 aliphatic heterocycles. The van der Waals surface area contributed by atoms with Gasteiger partial charge in [0, 0.05) is 12.1 Å². The summed E-state index contributed by atoms with van der Waals surface area (Å²) in [6, 6.07) is 2.14. The molecule has 0 aromatic carbocycles. The largest absolute Gasteiger partial charge is 0.383 e. The number of aromatic nitrogens is 2. The monoisotopic (exact) mass is 248 g/mol. The van der Waals surface area contributed by atoms with Crippen LogP contribution in [0.1, 0.15) is 18.1 Å². The molecule has 17 heavy (non-hydrogen) atoms.